The predicted octanol–water partition coefficient (Wildman–Crippen LogP) is 0.665. The summed E-state index contributed by atoms with van der Waals surface area (Å²) in [5.74, 6) is -0.489. The molecule has 0 atom stereocenters. The Bertz CT molecular complexity index is 373. The van der Waals surface area contributed by atoms with Gasteiger partial charge in [-0.15, -0.1) is 0 Å². The second kappa shape index (κ2) is 3.82. The summed E-state index contributed by atoms with van der Waals surface area (Å²) in [4.78, 5) is 6.02. The van der Waals surface area contributed by atoms with Gasteiger partial charge < -0.3 is 0 Å². The number of rotatable bonds is 3. The standard InChI is InChI=1S/C7H8FNO3S/c1-12-9-13(10,11)7-4-2-6(8)3-5-7/h2-5,9H,1H3. The van der Waals surface area contributed by atoms with E-state index >= 15 is 0 Å². The Morgan fingerprint density at radius 1 is 1.31 bits per heavy atom. The van der Waals surface area contributed by atoms with E-state index in [-0.39, 0.29) is 4.90 Å². The van der Waals surface area contributed by atoms with Crippen LogP contribution in [-0.2, 0) is 14.9 Å². The van der Waals surface area contributed by atoms with Crippen LogP contribution in [0.2, 0.25) is 0 Å². The van der Waals surface area contributed by atoms with E-state index in [0.29, 0.717) is 0 Å². The number of benzene rings is 1. The number of sulfonamides is 1. The van der Waals surface area contributed by atoms with Crippen molar-refractivity contribution in [3.05, 3.63) is 30.1 Å². The molecule has 13 heavy (non-hydrogen) atoms. The molecular weight excluding hydrogens is 197 g/mol. The first-order chi connectivity index (χ1) is 6.06. The molecule has 0 spiro atoms. The van der Waals surface area contributed by atoms with Crippen LogP contribution in [0.3, 0.4) is 0 Å². The van der Waals surface area contributed by atoms with Crippen molar-refractivity contribution in [2.24, 2.45) is 0 Å². The Kier molecular flexibility index (Phi) is 2.97. The molecule has 0 fully saturated rings. The molecule has 4 nitrogen and oxygen atoms in total. The van der Waals surface area contributed by atoms with Crippen LogP contribution in [0.25, 0.3) is 0 Å². The van der Waals surface area contributed by atoms with Crippen molar-refractivity contribution in [2.45, 2.75) is 4.90 Å². The summed E-state index contributed by atoms with van der Waals surface area (Å²) >= 11 is 0. The Morgan fingerprint density at radius 3 is 2.31 bits per heavy atom. The van der Waals surface area contributed by atoms with Gasteiger partial charge in [0.2, 0.25) is 0 Å². The molecule has 0 bridgehead atoms. The number of hydrogen-bond donors (Lipinski definition) is 1. The maximum absolute atomic E-state index is 12.4. The lowest BCUT2D eigenvalue weighted by molar-refractivity contribution is 0.153. The molecule has 0 saturated carbocycles. The van der Waals surface area contributed by atoms with E-state index in [1.165, 1.54) is 7.11 Å². The van der Waals surface area contributed by atoms with E-state index in [9.17, 15) is 12.8 Å². The van der Waals surface area contributed by atoms with Gasteiger partial charge in [-0.1, -0.05) is 4.89 Å². The van der Waals surface area contributed by atoms with Crippen molar-refractivity contribution < 1.29 is 17.6 Å². The quantitative estimate of drug-likeness (QED) is 0.738. The molecule has 0 saturated heterocycles. The molecule has 0 aliphatic heterocycles. The third-order valence-corrected chi connectivity index (χ3v) is 2.60. The van der Waals surface area contributed by atoms with E-state index < -0.39 is 15.8 Å². The van der Waals surface area contributed by atoms with Gasteiger partial charge in [0.1, 0.15) is 5.82 Å². The van der Waals surface area contributed by atoms with Crippen LogP contribution in [0.1, 0.15) is 0 Å². The molecule has 6 heteroatoms. The largest absolute Gasteiger partial charge is 0.290 e. The molecule has 0 unspecified atom stereocenters. The Balaban J connectivity index is 3.02. The molecule has 0 radical (unpaired) electrons. The maximum Gasteiger partial charge on any atom is 0.262 e. The smallest absolute Gasteiger partial charge is 0.262 e. The summed E-state index contributed by atoms with van der Waals surface area (Å²) in [6.45, 7) is 0. The molecule has 0 aromatic heterocycles. The third-order valence-electron chi connectivity index (χ3n) is 1.32. The van der Waals surface area contributed by atoms with Crippen molar-refractivity contribution in [3.8, 4) is 0 Å². The van der Waals surface area contributed by atoms with Crippen LogP contribution in [0.4, 0.5) is 4.39 Å². The third kappa shape index (κ3) is 2.48. The predicted molar refractivity (Wildman–Crippen MR) is 43.7 cm³/mol. The molecule has 0 aliphatic rings. The zero-order chi connectivity index (χ0) is 9.90. The van der Waals surface area contributed by atoms with Gasteiger partial charge in [-0.25, -0.2) is 12.8 Å². The average Bonchev–Trinajstić information content (AvgIpc) is 2.05. The van der Waals surface area contributed by atoms with Crippen molar-refractivity contribution in [1.82, 2.24) is 4.89 Å². The minimum absolute atomic E-state index is 0.0456. The summed E-state index contributed by atoms with van der Waals surface area (Å²) in [5, 5.41) is 0. The lowest BCUT2D eigenvalue weighted by Gasteiger charge is -2.02. The van der Waals surface area contributed by atoms with Crippen LogP contribution in [0, 0.1) is 5.82 Å². The summed E-state index contributed by atoms with van der Waals surface area (Å²) in [6, 6.07) is 4.42. The molecule has 1 N–H and O–H groups in total. The van der Waals surface area contributed by atoms with Gasteiger partial charge in [0.15, 0.2) is 0 Å². The van der Waals surface area contributed by atoms with E-state index in [2.05, 4.69) is 4.84 Å². The summed E-state index contributed by atoms with van der Waals surface area (Å²) in [7, 11) is -2.48. The number of nitrogens with one attached hydrogen (secondary N) is 1. The molecule has 72 valence electrons. The van der Waals surface area contributed by atoms with Gasteiger partial charge in [-0.3, -0.25) is 4.84 Å². The highest BCUT2D eigenvalue weighted by Crippen LogP contribution is 2.08. The zero-order valence-corrected chi connectivity index (χ0v) is 7.64. The van der Waals surface area contributed by atoms with Gasteiger partial charge in [-0.2, -0.15) is 0 Å². The Hall–Kier alpha value is -0.980. The van der Waals surface area contributed by atoms with Gasteiger partial charge in [0.25, 0.3) is 10.0 Å². The normalized spacial score (nSPS) is 11.5. The van der Waals surface area contributed by atoms with Crippen molar-refractivity contribution in [2.75, 3.05) is 7.11 Å². The first-order valence-corrected chi connectivity index (χ1v) is 4.85. The minimum Gasteiger partial charge on any atom is -0.290 e. The van der Waals surface area contributed by atoms with Crippen LogP contribution in [-0.4, -0.2) is 15.5 Å². The molecule has 1 aromatic carbocycles. The highest BCUT2D eigenvalue weighted by atomic mass is 32.2. The van der Waals surface area contributed by atoms with E-state index in [4.69, 9.17) is 0 Å². The fourth-order valence-electron chi connectivity index (χ4n) is 0.772. The lowest BCUT2D eigenvalue weighted by Crippen LogP contribution is -2.22. The Morgan fingerprint density at radius 2 is 1.85 bits per heavy atom. The van der Waals surface area contributed by atoms with E-state index in [1.54, 1.807) is 0 Å². The van der Waals surface area contributed by atoms with Crippen LogP contribution < -0.4 is 4.89 Å². The van der Waals surface area contributed by atoms with Crippen LogP contribution >= 0.6 is 0 Å². The second-order valence-electron chi connectivity index (χ2n) is 2.24. The molecule has 1 aromatic rings. The molecule has 0 amide bonds. The van der Waals surface area contributed by atoms with Gasteiger partial charge in [0, 0.05) is 0 Å². The molecular formula is C7H8FNO3S. The molecule has 0 aliphatic carbocycles. The number of halogens is 1. The topological polar surface area (TPSA) is 55.4 Å². The van der Waals surface area contributed by atoms with Gasteiger partial charge in [0.05, 0.1) is 12.0 Å². The van der Waals surface area contributed by atoms with Gasteiger partial charge >= 0.3 is 0 Å². The van der Waals surface area contributed by atoms with Crippen molar-refractivity contribution in [3.63, 3.8) is 0 Å². The number of hydrogen-bond acceptors (Lipinski definition) is 3. The first kappa shape index (κ1) is 10.1. The minimum atomic E-state index is -3.67. The van der Waals surface area contributed by atoms with E-state index in [0.717, 1.165) is 24.3 Å². The van der Waals surface area contributed by atoms with Crippen molar-refractivity contribution in [1.29, 1.82) is 0 Å². The highest BCUT2D eigenvalue weighted by Gasteiger charge is 2.12. The lowest BCUT2D eigenvalue weighted by atomic mass is 10.4. The molecule has 0 heterocycles. The fourth-order valence-corrected chi connectivity index (χ4v) is 1.58. The summed E-state index contributed by atoms with van der Waals surface area (Å²) in [6.07, 6.45) is 0. The Labute approximate surface area is 75.3 Å². The zero-order valence-electron chi connectivity index (χ0n) is 6.82. The summed E-state index contributed by atoms with van der Waals surface area (Å²) < 4.78 is 34.8. The monoisotopic (exact) mass is 205 g/mol. The van der Waals surface area contributed by atoms with Crippen LogP contribution in [0.5, 0.6) is 0 Å². The fraction of sp³-hybridized carbons (Fsp3) is 0.143. The maximum atomic E-state index is 12.4. The SMILES string of the molecule is CONS(=O)(=O)c1ccc(F)cc1. The average molecular weight is 205 g/mol. The van der Waals surface area contributed by atoms with E-state index in [1.807, 2.05) is 4.89 Å². The highest BCUT2D eigenvalue weighted by molar-refractivity contribution is 7.89. The van der Waals surface area contributed by atoms with Gasteiger partial charge in [-0.05, 0) is 24.3 Å². The summed E-state index contributed by atoms with van der Waals surface area (Å²) in [5.41, 5.74) is 0. The molecule has 1 rings (SSSR count). The first-order valence-electron chi connectivity index (χ1n) is 3.36. The van der Waals surface area contributed by atoms with Crippen LogP contribution in [0.15, 0.2) is 29.2 Å². The second-order valence-corrected chi connectivity index (χ2v) is 3.89. The van der Waals surface area contributed by atoms with Crippen molar-refractivity contribution >= 4 is 10.0 Å².